The standard InChI is InChI=1S/C22H28N4O2S/c1-4-8-20(23)21-24-25-22(26(21)14-18-9-6-5-7-10-18)29(27,28)15-19-12-16(2)11-17(3)13-19/h5-7,9-13,20H,4,8,14-15,23H2,1-3H3. The molecule has 0 spiro atoms. The number of nitrogens with zero attached hydrogens (tertiary/aromatic N) is 3. The molecule has 0 aliphatic heterocycles. The average Bonchev–Trinajstić information content (AvgIpc) is 3.06. The molecule has 7 heteroatoms. The SMILES string of the molecule is CCCC(N)c1nnc(S(=O)(=O)Cc2cc(C)cc(C)c2)n1Cc1ccccc1. The van der Waals surface area contributed by atoms with E-state index >= 15 is 0 Å². The van der Waals surface area contributed by atoms with E-state index in [1.807, 2.05) is 69.3 Å². The normalized spacial score (nSPS) is 12.8. The Hall–Kier alpha value is -2.51. The van der Waals surface area contributed by atoms with E-state index in [1.165, 1.54) is 0 Å². The molecule has 0 aliphatic rings. The zero-order chi connectivity index (χ0) is 21.0. The van der Waals surface area contributed by atoms with E-state index in [-0.39, 0.29) is 17.0 Å². The van der Waals surface area contributed by atoms with Crippen molar-refractivity contribution in [3.63, 3.8) is 0 Å². The van der Waals surface area contributed by atoms with Gasteiger partial charge in [0.2, 0.25) is 15.0 Å². The first-order chi connectivity index (χ1) is 13.8. The minimum atomic E-state index is -3.69. The van der Waals surface area contributed by atoms with Gasteiger partial charge < -0.3 is 5.73 Å². The van der Waals surface area contributed by atoms with Crippen LogP contribution in [0.4, 0.5) is 0 Å². The highest BCUT2D eigenvalue weighted by Crippen LogP contribution is 2.23. The monoisotopic (exact) mass is 412 g/mol. The van der Waals surface area contributed by atoms with Gasteiger partial charge in [-0.2, -0.15) is 0 Å². The molecular weight excluding hydrogens is 384 g/mol. The molecule has 3 aromatic rings. The molecule has 2 N–H and O–H groups in total. The summed E-state index contributed by atoms with van der Waals surface area (Å²) in [5, 5.41) is 8.23. The molecule has 0 bridgehead atoms. The van der Waals surface area contributed by atoms with Gasteiger partial charge in [-0.15, -0.1) is 10.2 Å². The Kier molecular flexibility index (Phi) is 6.49. The van der Waals surface area contributed by atoms with Crippen molar-refractivity contribution in [2.45, 2.75) is 57.1 Å². The minimum absolute atomic E-state index is 0.0259. The maximum Gasteiger partial charge on any atom is 0.250 e. The van der Waals surface area contributed by atoms with Crippen LogP contribution in [0.15, 0.2) is 53.7 Å². The third-order valence-corrected chi connectivity index (χ3v) is 6.35. The minimum Gasteiger partial charge on any atom is -0.321 e. The van der Waals surface area contributed by atoms with Gasteiger partial charge in [0.1, 0.15) is 0 Å². The molecule has 2 aromatic carbocycles. The van der Waals surface area contributed by atoms with E-state index in [2.05, 4.69) is 10.2 Å². The molecule has 0 radical (unpaired) electrons. The van der Waals surface area contributed by atoms with E-state index in [9.17, 15) is 8.42 Å². The number of nitrogens with two attached hydrogens (primary N) is 1. The lowest BCUT2D eigenvalue weighted by atomic mass is 10.1. The van der Waals surface area contributed by atoms with E-state index in [4.69, 9.17) is 5.73 Å². The molecule has 0 aliphatic carbocycles. The van der Waals surface area contributed by atoms with Crippen LogP contribution in [0.25, 0.3) is 0 Å². The van der Waals surface area contributed by atoms with Crippen LogP contribution in [-0.2, 0) is 22.1 Å². The highest BCUT2D eigenvalue weighted by molar-refractivity contribution is 7.90. The van der Waals surface area contributed by atoms with Gasteiger partial charge in [0.05, 0.1) is 18.3 Å². The maximum absolute atomic E-state index is 13.3. The molecule has 154 valence electrons. The number of rotatable bonds is 8. The van der Waals surface area contributed by atoms with Crippen LogP contribution in [0.2, 0.25) is 0 Å². The zero-order valence-corrected chi connectivity index (χ0v) is 18.0. The van der Waals surface area contributed by atoms with Crippen molar-refractivity contribution in [3.8, 4) is 0 Å². The first-order valence-corrected chi connectivity index (χ1v) is 11.5. The van der Waals surface area contributed by atoms with Gasteiger partial charge in [-0.25, -0.2) is 8.42 Å². The lowest BCUT2D eigenvalue weighted by Gasteiger charge is -2.15. The molecule has 0 saturated heterocycles. The Morgan fingerprint density at radius 1 is 1.00 bits per heavy atom. The van der Waals surface area contributed by atoms with Crippen molar-refractivity contribution >= 4 is 9.84 Å². The Balaban J connectivity index is 2.02. The van der Waals surface area contributed by atoms with E-state index in [1.54, 1.807) is 4.57 Å². The second kappa shape index (κ2) is 8.88. The molecule has 1 heterocycles. The molecule has 29 heavy (non-hydrogen) atoms. The predicted octanol–water partition coefficient (Wildman–Crippen LogP) is 3.72. The van der Waals surface area contributed by atoms with E-state index in [0.29, 0.717) is 18.8 Å². The summed E-state index contributed by atoms with van der Waals surface area (Å²) in [4.78, 5) is 0. The summed E-state index contributed by atoms with van der Waals surface area (Å²) >= 11 is 0. The second-order valence-electron chi connectivity index (χ2n) is 7.56. The van der Waals surface area contributed by atoms with Crippen molar-refractivity contribution in [3.05, 3.63) is 76.6 Å². The summed E-state index contributed by atoms with van der Waals surface area (Å²) in [5.41, 5.74) is 10.1. The van der Waals surface area contributed by atoms with Crippen molar-refractivity contribution < 1.29 is 8.42 Å². The van der Waals surface area contributed by atoms with Crippen molar-refractivity contribution in [2.75, 3.05) is 0 Å². The largest absolute Gasteiger partial charge is 0.321 e. The number of hydrogen-bond acceptors (Lipinski definition) is 5. The molecule has 6 nitrogen and oxygen atoms in total. The molecule has 0 saturated carbocycles. The number of sulfone groups is 1. The fourth-order valence-corrected chi connectivity index (χ4v) is 4.99. The summed E-state index contributed by atoms with van der Waals surface area (Å²) in [6, 6.07) is 15.1. The first kappa shape index (κ1) is 21.2. The van der Waals surface area contributed by atoms with Crippen molar-refractivity contribution in [1.29, 1.82) is 0 Å². The summed E-state index contributed by atoms with van der Waals surface area (Å²) in [5.74, 6) is 0.389. The van der Waals surface area contributed by atoms with Gasteiger partial charge in [-0.3, -0.25) is 4.57 Å². The molecular formula is C22H28N4O2S. The third-order valence-electron chi connectivity index (χ3n) is 4.78. The second-order valence-corrected chi connectivity index (χ2v) is 9.45. The van der Waals surface area contributed by atoms with Crippen LogP contribution in [0.1, 0.15) is 53.9 Å². The molecule has 0 amide bonds. The van der Waals surface area contributed by atoms with Crippen LogP contribution in [-0.4, -0.2) is 23.2 Å². The molecule has 1 unspecified atom stereocenters. The van der Waals surface area contributed by atoms with Crippen LogP contribution in [0, 0.1) is 13.8 Å². The Bertz CT molecular complexity index is 1060. The van der Waals surface area contributed by atoms with Crippen LogP contribution < -0.4 is 5.73 Å². The van der Waals surface area contributed by atoms with Crippen molar-refractivity contribution in [2.24, 2.45) is 5.73 Å². The Morgan fingerprint density at radius 2 is 1.66 bits per heavy atom. The van der Waals surface area contributed by atoms with Gasteiger partial charge in [-0.1, -0.05) is 73.0 Å². The van der Waals surface area contributed by atoms with E-state index in [0.717, 1.165) is 28.7 Å². The average molecular weight is 413 g/mol. The molecule has 0 fully saturated rings. The Labute approximate surface area is 172 Å². The summed E-state index contributed by atoms with van der Waals surface area (Å²) < 4.78 is 28.2. The Morgan fingerprint density at radius 3 is 2.28 bits per heavy atom. The number of benzene rings is 2. The smallest absolute Gasteiger partial charge is 0.250 e. The van der Waals surface area contributed by atoms with Gasteiger partial charge in [0.15, 0.2) is 5.82 Å². The van der Waals surface area contributed by atoms with E-state index < -0.39 is 9.84 Å². The topological polar surface area (TPSA) is 90.9 Å². The molecule has 1 aromatic heterocycles. The zero-order valence-electron chi connectivity index (χ0n) is 17.2. The maximum atomic E-state index is 13.3. The number of hydrogen-bond donors (Lipinski definition) is 1. The molecule has 3 rings (SSSR count). The first-order valence-electron chi connectivity index (χ1n) is 9.82. The number of aryl methyl sites for hydroxylation is 2. The lowest BCUT2D eigenvalue weighted by Crippen LogP contribution is -2.20. The predicted molar refractivity (Wildman–Crippen MR) is 114 cm³/mol. The van der Waals surface area contributed by atoms with Gasteiger partial charge in [0, 0.05) is 0 Å². The quantitative estimate of drug-likeness (QED) is 0.609. The van der Waals surface area contributed by atoms with Gasteiger partial charge in [-0.05, 0) is 31.4 Å². The fourth-order valence-electron chi connectivity index (χ4n) is 3.60. The number of aromatic nitrogens is 3. The van der Waals surface area contributed by atoms with Crippen LogP contribution in [0.3, 0.4) is 0 Å². The van der Waals surface area contributed by atoms with Gasteiger partial charge in [0.25, 0.3) is 0 Å². The van der Waals surface area contributed by atoms with Crippen LogP contribution >= 0.6 is 0 Å². The summed E-state index contributed by atoms with van der Waals surface area (Å²) in [6.45, 7) is 6.32. The highest BCUT2D eigenvalue weighted by Gasteiger charge is 2.27. The summed E-state index contributed by atoms with van der Waals surface area (Å²) in [6.07, 6.45) is 1.59. The van der Waals surface area contributed by atoms with Crippen LogP contribution in [0.5, 0.6) is 0 Å². The highest BCUT2D eigenvalue weighted by atomic mass is 32.2. The molecule has 1 atom stereocenters. The van der Waals surface area contributed by atoms with Crippen molar-refractivity contribution in [1.82, 2.24) is 14.8 Å². The lowest BCUT2D eigenvalue weighted by molar-refractivity contribution is 0.537. The third kappa shape index (κ3) is 5.10. The van der Waals surface area contributed by atoms with Gasteiger partial charge >= 0.3 is 0 Å². The fraction of sp³-hybridized carbons (Fsp3) is 0.364. The summed E-state index contributed by atoms with van der Waals surface area (Å²) in [7, 11) is -3.69.